The van der Waals surface area contributed by atoms with Crippen molar-refractivity contribution in [2.75, 3.05) is 0 Å². The van der Waals surface area contributed by atoms with E-state index in [2.05, 4.69) is 46.1 Å². The summed E-state index contributed by atoms with van der Waals surface area (Å²) in [6.07, 6.45) is 3.40. The molecule has 0 fully saturated rings. The molecule has 0 saturated carbocycles. The fraction of sp³-hybridized carbons (Fsp3) is 0.818. The molecule has 0 spiro atoms. The van der Waals surface area contributed by atoms with Crippen LogP contribution < -0.4 is 11.3 Å². The molecule has 0 rings (SSSR count). The summed E-state index contributed by atoms with van der Waals surface area (Å²) in [6, 6.07) is 0. The SMILES string of the molecule is CCC(C)/C=C(\NN)C(C)C(C)C. The summed E-state index contributed by atoms with van der Waals surface area (Å²) in [7, 11) is 0. The highest BCUT2D eigenvalue weighted by atomic mass is 15.2. The van der Waals surface area contributed by atoms with E-state index in [1.165, 1.54) is 5.70 Å². The van der Waals surface area contributed by atoms with Crippen LogP contribution in [0.25, 0.3) is 0 Å². The zero-order chi connectivity index (χ0) is 10.4. The van der Waals surface area contributed by atoms with Crippen molar-refractivity contribution < 1.29 is 0 Å². The quantitative estimate of drug-likeness (QED) is 0.509. The maximum Gasteiger partial charge on any atom is 0.0252 e. The molecule has 0 aliphatic heterocycles. The fourth-order valence-electron chi connectivity index (χ4n) is 1.11. The lowest BCUT2D eigenvalue weighted by Crippen LogP contribution is -2.28. The minimum Gasteiger partial charge on any atom is -0.328 e. The van der Waals surface area contributed by atoms with Crippen LogP contribution in [0.1, 0.15) is 41.0 Å². The first-order valence-corrected chi connectivity index (χ1v) is 5.21. The lowest BCUT2D eigenvalue weighted by molar-refractivity contribution is 0.448. The second-order valence-corrected chi connectivity index (χ2v) is 4.18. The van der Waals surface area contributed by atoms with Crippen molar-refractivity contribution in [2.45, 2.75) is 41.0 Å². The summed E-state index contributed by atoms with van der Waals surface area (Å²) in [4.78, 5) is 0. The molecule has 0 aromatic carbocycles. The van der Waals surface area contributed by atoms with Gasteiger partial charge >= 0.3 is 0 Å². The van der Waals surface area contributed by atoms with Gasteiger partial charge in [0.25, 0.3) is 0 Å². The van der Waals surface area contributed by atoms with Crippen molar-refractivity contribution in [1.82, 2.24) is 5.43 Å². The predicted octanol–water partition coefficient (Wildman–Crippen LogP) is 2.67. The Morgan fingerprint density at radius 1 is 1.31 bits per heavy atom. The summed E-state index contributed by atoms with van der Waals surface area (Å²) >= 11 is 0. The van der Waals surface area contributed by atoms with E-state index >= 15 is 0 Å². The van der Waals surface area contributed by atoms with Crippen LogP contribution in [0.15, 0.2) is 11.8 Å². The van der Waals surface area contributed by atoms with E-state index in [9.17, 15) is 0 Å². The zero-order valence-corrected chi connectivity index (χ0v) is 9.59. The molecule has 0 aliphatic rings. The molecule has 0 radical (unpaired) electrons. The Balaban J connectivity index is 4.39. The van der Waals surface area contributed by atoms with Crippen LogP contribution in [0.4, 0.5) is 0 Å². The van der Waals surface area contributed by atoms with Crippen LogP contribution in [0, 0.1) is 17.8 Å². The van der Waals surface area contributed by atoms with E-state index in [4.69, 9.17) is 5.84 Å². The molecule has 0 aromatic rings. The molecule has 3 N–H and O–H groups in total. The molecular weight excluding hydrogens is 160 g/mol. The topological polar surface area (TPSA) is 38.0 Å². The van der Waals surface area contributed by atoms with Crippen LogP contribution in [0.3, 0.4) is 0 Å². The fourth-order valence-corrected chi connectivity index (χ4v) is 1.11. The Labute approximate surface area is 82.6 Å². The number of hydrogen-bond acceptors (Lipinski definition) is 2. The van der Waals surface area contributed by atoms with Gasteiger partial charge in [0.2, 0.25) is 0 Å². The van der Waals surface area contributed by atoms with Crippen LogP contribution >= 0.6 is 0 Å². The number of nitrogens with two attached hydrogens (primary N) is 1. The molecule has 78 valence electrons. The van der Waals surface area contributed by atoms with Crippen molar-refractivity contribution in [3.8, 4) is 0 Å². The Kier molecular flexibility index (Phi) is 5.80. The number of nitrogens with one attached hydrogen (secondary N) is 1. The molecule has 0 heterocycles. The second-order valence-electron chi connectivity index (χ2n) is 4.18. The summed E-state index contributed by atoms with van der Waals surface area (Å²) in [5.74, 6) is 7.24. The monoisotopic (exact) mass is 184 g/mol. The first-order valence-electron chi connectivity index (χ1n) is 5.21. The maximum absolute atomic E-state index is 5.50. The molecule has 13 heavy (non-hydrogen) atoms. The molecule has 0 saturated heterocycles. The molecule has 0 aromatic heterocycles. The summed E-state index contributed by atoms with van der Waals surface area (Å²) < 4.78 is 0. The van der Waals surface area contributed by atoms with E-state index in [0.29, 0.717) is 17.8 Å². The molecule has 2 unspecified atom stereocenters. The van der Waals surface area contributed by atoms with Crippen LogP contribution in [0.2, 0.25) is 0 Å². The lowest BCUT2D eigenvalue weighted by atomic mass is 9.92. The van der Waals surface area contributed by atoms with Gasteiger partial charge in [0.05, 0.1) is 0 Å². The van der Waals surface area contributed by atoms with E-state index in [0.717, 1.165) is 6.42 Å². The van der Waals surface area contributed by atoms with Gasteiger partial charge in [-0.2, -0.15) is 0 Å². The largest absolute Gasteiger partial charge is 0.328 e. The molecule has 2 nitrogen and oxygen atoms in total. The highest BCUT2D eigenvalue weighted by molar-refractivity contribution is 5.04. The zero-order valence-electron chi connectivity index (χ0n) is 9.59. The van der Waals surface area contributed by atoms with Gasteiger partial charge in [-0.05, 0) is 17.8 Å². The average molecular weight is 184 g/mol. The minimum atomic E-state index is 0.513. The number of rotatable bonds is 5. The van der Waals surface area contributed by atoms with Gasteiger partial charge in [-0.1, -0.05) is 47.1 Å². The van der Waals surface area contributed by atoms with Crippen molar-refractivity contribution >= 4 is 0 Å². The van der Waals surface area contributed by atoms with Gasteiger partial charge < -0.3 is 5.43 Å². The molecule has 0 bridgehead atoms. The maximum atomic E-state index is 5.50. The lowest BCUT2D eigenvalue weighted by Gasteiger charge is -2.20. The van der Waals surface area contributed by atoms with Gasteiger partial charge in [0, 0.05) is 5.70 Å². The second kappa shape index (κ2) is 6.03. The Morgan fingerprint density at radius 3 is 2.15 bits per heavy atom. The summed E-state index contributed by atoms with van der Waals surface area (Å²) in [5.41, 5.74) is 3.98. The standard InChI is InChI=1S/C11H24N2/c1-6-9(4)7-11(13-12)10(5)8(2)3/h7-10,13H,6,12H2,1-5H3/b11-7-. The summed E-state index contributed by atoms with van der Waals surface area (Å²) in [6.45, 7) is 11.0. The van der Waals surface area contributed by atoms with Gasteiger partial charge in [0.1, 0.15) is 0 Å². The molecule has 2 atom stereocenters. The summed E-state index contributed by atoms with van der Waals surface area (Å²) in [5, 5.41) is 0. The van der Waals surface area contributed by atoms with Gasteiger partial charge in [0.15, 0.2) is 0 Å². The molecule has 0 amide bonds. The smallest absolute Gasteiger partial charge is 0.0252 e. The van der Waals surface area contributed by atoms with E-state index in [1.54, 1.807) is 0 Å². The highest BCUT2D eigenvalue weighted by Gasteiger charge is 2.12. The Hall–Kier alpha value is -0.500. The number of allylic oxidation sites excluding steroid dienone is 2. The van der Waals surface area contributed by atoms with Crippen LogP contribution in [0.5, 0.6) is 0 Å². The molecule has 2 heteroatoms. The third kappa shape index (κ3) is 4.32. The van der Waals surface area contributed by atoms with Crippen molar-refractivity contribution in [1.29, 1.82) is 0 Å². The van der Waals surface area contributed by atoms with Gasteiger partial charge in [-0.25, -0.2) is 0 Å². The van der Waals surface area contributed by atoms with Gasteiger partial charge in [-0.3, -0.25) is 5.84 Å². The van der Waals surface area contributed by atoms with Crippen molar-refractivity contribution in [2.24, 2.45) is 23.6 Å². The molecule has 0 aliphatic carbocycles. The first kappa shape index (κ1) is 12.5. The first-order chi connectivity index (χ1) is 6.02. The van der Waals surface area contributed by atoms with Crippen LogP contribution in [-0.2, 0) is 0 Å². The van der Waals surface area contributed by atoms with Crippen LogP contribution in [-0.4, -0.2) is 0 Å². The minimum absolute atomic E-state index is 0.513. The van der Waals surface area contributed by atoms with Crippen molar-refractivity contribution in [3.63, 3.8) is 0 Å². The normalized spacial score (nSPS) is 17.3. The molecular formula is C11H24N2. The Morgan fingerprint density at radius 2 is 1.85 bits per heavy atom. The van der Waals surface area contributed by atoms with E-state index in [-0.39, 0.29) is 0 Å². The van der Waals surface area contributed by atoms with Gasteiger partial charge in [-0.15, -0.1) is 0 Å². The third-order valence-electron chi connectivity index (χ3n) is 2.77. The van der Waals surface area contributed by atoms with Crippen molar-refractivity contribution in [3.05, 3.63) is 11.8 Å². The number of hydrogen-bond donors (Lipinski definition) is 2. The highest BCUT2D eigenvalue weighted by Crippen LogP contribution is 2.19. The van der Waals surface area contributed by atoms with E-state index < -0.39 is 0 Å². The Bertz CT molecular complexity index is 161. The van der Waals surface area contributed by atoms with E-state index in [1.807, 2.05) is 0 Å². The number of hydrazine groups is 1. The predicted molar refractivity (Wildman–Crippen MR) is 58.9 cm³/mol. The third-order valence-corrected chi connectivity index (χ3v) is 2.77. The average Bonchev–Trinajstić information content (AvgIpc) is 2.12.